The van der Waals surface area contributed by atoms with E-state index >= 15 is 0 Å². The molecule has 0 fully saturated rings. The highest BCUT2D eigenvalue weighted by atomic mass is 32.2. The molecule has 0 bridgehead atoms. The van der Waals surface area contributed by atoms with Crippen molar-refractivity contribution in [2.24, 2.45) is 0 Å². The van der Waals surface area contributed by atoms with Gasteiger partial charge in [-0.2, -0.15) is 0 Å². The molecule has 1 aromatic carbocycles. The van der Waals surface area contributed by atoms with Gasteiger partial charge >= 0.3 is 0 Å². The smallest absolute Gasteiger partial charge is 0.211 e. The van der Waals surface area contributed by atoms with Gasteiger partial charge in [0.2, 0.25) is 10.0 Å². The van der Waals surface area contributed by atoms with E-state index in [4.69, 9.17) is 0 Å². The molecule has 20 heavy (non-hydrogen) atoms. The maximum atomic E-state index is 12.0. The second-order valence-electron chi connectivity index (χ2n) is 6.31. The van der Waals surface area contributed by atoms with Gasteiger partial charge in [0, 0.05) is 14.1 Å². The number of rotatable bonds is 7. The lowest BCUT2D eigenvalue weighted by Crippen LogP contribution is -2.35. The van der Waals surface area contributed by atoms with Crippen LogP contribution in [0, 0.1) is 0 Å². The Labute approximate surface area is 124 Å². The third-order valence-electron chi connectivity index (χ3n) is 2.86. The molecule has 1 N–H and O–H groups in total. The number of hydrogen-bond acceptors (Lipinski definition) is 2. The Morgan fingerprint density at radius 2 is 1.80 bits per heavy atom. The van der Waals surface area contributed by atoms with Crippen LogP contribution in [0.15, 0.2) is 36.4 Å². The second kappa shape index (κ2) is 7.20. The first-order valence-electron chi connectivity index (χ1n) is 6.91. The van der Waals surface area contributed by atoms with Gasteiger partial charge in [0.05, 0.1) is 5.75 Å². The van der Waals surface area contributed by atoms with Crippen LogP contribution in [-0.4, -0.2) is 28.3 Å². The van der Waals surface area contributed by atoms with Gasteiger partial charge in [-0.15, -0.1) is 0 Å². The fourth-order valence-corrected chi connectivity index (χ4v) is 5.93. The number of benzene rings is 1. The van der Waals surface area contributed by atoms with Gasteiger partial charge in [-0.25, -0.2) is 13.1 Å². The third-order valence-corrected chi connectivity index (χ3v) is 6.45. The second-order valence-corrected chi connectivity index (χ2v) is 13.8. The van der Waals surface area contributed by atoms with Gasteiger partial charge in [0.25, 0.3) is 0 Å². The summed E-state index contributed by atoms with van der Waals surface area (Å²) in [6.07, 6.45) is 3.81. The lowest BCUT2D eigenvalue weighted by atomic mass is 10.2. The van der Waals surface area contributed by atoms with Crippen LogP contribution in [-0.2, 0) is 10.0 Å². The van der Waals surface area contributed by atoms with Crippen LogP contribution in [0.2, 0.25) is 25.7 Å². The lowest BCUT2D eigenvalue weighted by Gasteiger charge is -2.17. The Bertz CT molecular complexity index is 533. The summed E-state index contributed by atoms with van der Waals surface area (Å²) >= 11 is 0. The van der Waals surface area contributed by atoms with Gasteiger partial charge < -0.3 is 0 Å². The zero-order valence-electron chi connectivity index (χ0n) is 12.8. The van der Waals surface area contributed by atoms with Crippen molar-refractivity contribution in [1.29, 1.82) is 0 Å². The predicted octanol–water partition coefficient (Wildman–Crippen LogP) is 3.35. The highest BCUT2D eigenvalue weighted by molar-refractivity contribution is 7.89. The van der Waals surface area contributed by atoms with Crippen molar-refractivity contribution < 1.29 is 8.42 Å². The van der Waals surface area contributed by atoms with Crippen molar-refractivity contribution >= 4 is 24.2 Å². The molecule has 0 heterocycles. The molecule has 0 unspecified atom stereocenters. The summed E-state index contributed by atoms with van der Waals surface area (Å²) in [6.45, 7) is 8.40. The van der Waals surface area contributed by atoms with Gasteiger partial charge in [0.1, 0.15) is 0 Å². The molecule has 0 aliphatic heterocycles. The van der Waals surface area contributed by atoms with Crippen molar-refractivity contribution in [2.75, 3.05) is 5.75 Å². The van der Waals surface area contributed by atoms with Gasteiger partial charge in [-0.3, -0.25) is 0 Å². The standard InChI is InChI=1S/C15H25NO2SSi/c1-14(10-11-15-8-6-5-7-9-15)16-19(17,18)12-13-20(2,3)4/h5-11,14,16H,12-13H2,1-4H3/b11-10-/t14-/m0/s1. The molecule has 5 heteroatoms. The minimum atomic E-state index is -3.18. The van der Waals surface area contributed by atoms with Crippen LogP contribution in [0.5, 0.6) is 0 Å². The number of nitrogens with one attached hydrogen (secondary N) is 1. The van der Waals surface area contributed by atoms with E-state index in [2.05, 4.69) is 24.4 Å². The highest BCUT2D eigenvalue weighted by Crippen LogP contribution is 2.10. The molecular weight excluding hydrogens is 286 g/mol. The van der Waals surface area contributed by atoms with Crippen LogP contribution in [0.25, 0.3) is 6.08 Å². The van der Waals surface area contributed by atoms with E-state index in [1.807, 2.05) is 49.4 Å². The molecule has 0 saturated heterocycles. The molecule has 1 rings (SSSR count). The molecule has 0 aliphatic carbocycles. The molecular formula is C15H25NO2SSi. The normalized spacial score (nSPS) is 14.6. The monoisotopic (exact) mass is 311 g/mol. The molecule has 1 atom stereocenters. The van der Waals surface area contributed by atoms with Crippen molar-refractivity contribution in [2.45, 2.75) is 38.7 Å². The van der Waals surface area contributed by atoms with Crippen LogP contribution >= 0.6 is 0 Å². The molecule has 0 saturated carbocycles. The van der Waals surface area contributed by atoms with Crippen LogP contribution < -0.4 is 4.72 Å². The third kappa shape index (κ3) is 7.62. The molecule has 0 amide bonds. The zero-order chi connectivity index (χ0) is 15.2. The Kier molecular flexibility index (Phi) is 6.17. The number of hydrogen-bond donors (Lipinski definition) is 1. The van der Waals surface area contributed by atoms with E-state index in [0.717, 1.165) is 11.6 Å². The first-order chi connectivity index (χ1) is 9.18. The largest absolute Gasteiger partial charge is 0.212 e. The Balaban J connectivity index is 2.53. The Morgan fingerprint density at radius 3 is 2.35 bits per heavy atom. The Hall–Kier alpha value is -0.913. The van der Waals surface area contributed by atoms with E-state index in [1.165, 1.54) is 0 Å². The minimum Gasteiger partial charge on any atom is -0.212 e. The van der Waals surface area contributed by atoms with Crippen molar-refractivity contribution in [3.8, 4) is 0 Å². The zero-order valence-corrected chi connectivity index (χ0v) is 14.6. The molecule has 0 radical (unpaired) electrons. The first-order valence-corrected chi connectivity index (χ1v) is 12.3. The van der Waals surface area contributed by atoms with Crippen LogP contribution in [0.1, 0.15) is 12.5 Å². The summed E-state index contributed by atoms with van der Waals surface area (Å²) in [7, 11) is -4.51. The summed E-state index contributed by atoms with van der Waals surface area (Å²) < 4.78 is 26.7. The maximum absolute atomic E-state index is 12.0. The molecule has 1 aromatic rings. The lowest BCUT2D eigenvalue weighted by molar-refractivity contribution is 0.577. The van der Waals surface area contributed by atoms with E-state index < -0.39 is 18.1 Å². The van der Waals surface area contributed by atoms with E-state index in [9.17, 15) is 8.42 Å². The molecule has 0 aromatic heterocycles. The van der Waals surface area contributed by atoms with Gasteiger partial charge in [-0.1, -0.05) is 62.1 Å². The highest BCUT2D eigenvalue weighted by Gasteiger charge is 2.19. The number of sulfonamides is 1. The van der Waals surface area contributed by atoms with E-state index in [1.54, 1.807) is 0 Å². The molecule has 112 valence electrons. The van der Waals surface area contributed by atoms with E-state index in [-0.39, 0.29) is 11.8 Å². The van der Waals surface area contributed by atoms with Crippen LogP contribution in [0.3, 0.4) is 0 Å². The van der Waals surface area contributed by atoms with Crippen molar-refractivity contribution in [3.63, 3.8) is 0 Å². The van der Waals surface area contributed by atoms with Crippen molar-refractivity contribution in [3.05, 3.63) is 42.0 Å². The minimum absolute atomic E-state index is 0.193. The molecule has 3 nitrogen and oxygen atoms in total. The molecule has 0 aliphatic rings. The topological polar surface area (TPSA) is 46.2 Å². The quantitative estimate of drug-likeness (QED) is 0.785. The first kappa shape index (κ1) is 17.1. The predicted molar refractivity (Wildman–Crippen MR) is 90.0 cm³/mol. The summed E-state index contributed by atoms with van der Waals surface area (Å²) in [6, 6.07) is 10.5. The SMILES string of the molecule is C[C@@H](/C=C\c1ccccc1)NS(=O)(=O)CC[Si](C)(C)C. The van der Waals surface area contributed by atoms with Gasteiger partial charge in [-0.05, 0) is 18.5 Å². The average Bonchev–Trinajstić information content (AvgIpc) is 2.34. The van der Waals surface area contributed by atoms with Crippen molar-refractivity contribution in [1.82, 2.24) is 4.72 Å². The summed E-state index contributed by atoms with van der Waals surface area (Å²) in [5.74, 6) is 0.228. The summed E-state index contributed by atoms with van der Waals surface area (Å²) in [5, 5.41) is 0. The molecule has 0 spiro atoms. The fourth-order valence-electron chi connectivity index (χ4n) is 1.64. The summed E-state index contributed by atoms with van der Waals surface area (Å²) in [5.41, 5.74) is 1.07. The Morgan fingerprint density at radius 1 is 1.20 bits per heavy atom. The van der Waals surface area contributed by atoms with Crippen LogP contribution in [0.4, 0.5) is 0 Å². The van der Waals surface area contributed by atoms with E-state index in [0.29, 0.717) is 0 Å². The average molecular weight is 312 g/mol. The maximum Gasteiger partial charge on any atom is 0.211 e. The summed E-state index contributed by atoms with van der Waals surface area (Å²) in [4.78, 5) is 0. The van der Waals surface area contributed by atoms with Gasteiger partial charge in [0.15, 0.2) is 0 Å². The fraction of sp³-hybridized carbons (Fsp3) is 0.467.